The molecule has 2 heterocycles. The lowest BCUT2D eigenvalue weighted by Crippen LogP contribution is -2.43. The van der Waals surface area contributed by atoms with Crippen LogP contribution in [-0.4, -0.2) is 32.2 Å². The highest BCUT2D eigenvalue weighted by Gasteiger charge is 2.36. The van der Waals surface area contributed by atoms with Crippen molar-refractivity contribution >= 4 is 6.03 Å². The van der Waals surface area contributed by atoms with Gasteiger partial charge in [-0.15, -0.1) is 0 Å². The molecule has 0 aliphatic carbocycles. The van der Waals surface area contributed by atoms with Gasteiger partial charge in [-0.3, -0.25) is 4.68 Å². The summed E-state index contributed by atoms with van der Waals surface area (Å²) >= 11 is 0. The summed E-state index contributed by atoms with van der Waals surface area (Å²) in [6.45, 7) is 0.437. The number of aromatic nitrogens is 3. The number of carbonyl (C=O) groups excluding carboxylic acids is 1. The van der Waals surface area contributed by atoms with E-state index in [-0.39, 0.29) is 18.7 Å². The third-order valence-electron chi connectivity index (χ3n) is 3.91. The van der Waals surface area contributed by atoms with E-state index >= 15 is 0 Å². The number of halogens is 3. The minimum absolute atomic E-state index is 0.0630. The maximum atomic E-state index is 13.1. The first-order chi connectivity index (χ1) is 11.3. The van der Waals surface area contributed by atoms with Crippen LogP contribution in [0.15, 0.2) is 24.5 Å². The zero-order chi connectivity index (χ0) is 17.3. The minimum Gasteiger partial charge on any atom is -0.331 e. The highest BCUT2D eigenvalue weighted by Crippen LogP contribution is 2.35. The molecule has 1 aromatic heterocycles. The predicted molar refractivity (Wildman–Crippen MR) is 78.8 cm³/mol. The molecule has 2 aromatic rings. The minimum atomic E-state index is -4.43. The number of rotatable bonds is 2. The van der Waals surface area contributed by atoms with Gasteiger partial charge in [0.2, 0.25) is 0 Å². The van der Waals surface area contributed by atoms with Crippen LogP contribution in [0.1, 0.15) is 22.5 Å². The lowest BCUT2D eigenvalue weighted by molar-refractivity contribution is -0.138. The van der Waals surface area contributed by atoms with E-state index in [9.17, 15) is 18.0 Å². The second-order valence-electron chi connectivity index (χ2n) is 5.61. The van der Waals surface area contributed by atoms with E-state index in [1.54, 1.807) is 13.1 Å². The fourth-order valence-electron chi connectivity index (χ4n) is 2.75. The van der Waals surface area contributed by atoms with Gasteiger partial charge in [0.1, 0.15) is 6.33 Å². The Morgan fingerprint density at radius 2 is 2.17 bits per heavy atom. The van der Waals surface area contributed by atoms with Gasteiger partial charge in [-0.25, -0.2) is 9.78 Å². The number of aryl methyl sites for hydroxylation is 1. The molecule has 3 rings (SSSR count). The van der Waals surface area contributed by atoms with Crippen molar-refractivity contribution < 1.29 is 18.0 Å². The van der Waals surface area contributed by atoms with Crippen LogP contribution >= 0.6 is 0 Å². The van der Waals surface area contributed by atoms with Crippen LogP contribution in [0.2, 0.25) is 0 Å². The van der Waals surface area contributed by atoms with E-state index in [4.69, 9.17) is 0 Å². The Kier molecular flexibility index (Phi) is 4.16. The molecular weight excluding hydrogens is 323 g/mol. The molecule has 1 aromatic carbocycles. The van der Waals surface area contributed by atoms with E-state index in [1.807, 2.05) is 0 Å². The monoisotopic (exact) mass is 339 g/mol. The molecule has 9 heteroatoms. The topological polar surface area (TPSA) is 63.1 Å². The van der Waals surface area contributed by atoms with Gasteiger partial charge < -0.3 is 10.2 Å². The zero-order valence-corrected chi connectivity index (χ0v) is 13.0. The number of fused-ring (bicyclic) bond motifs is 1. The average molecular weight is 339 g/mol. The highest BCUT2D eigenvalue weighted by atomic mass is 19.4. The number of amides is 2. The van der Waals surface area contributed by atoms with Crippen molar-refractivity contribution in [2.45, 2.75) is 25.7 Å². The number of alkyl halides is 3. The molecule has 24 heavy (non-hydrogen) atoms. The standard InChI is InChI=1S/C15H16F3N5O/c1-22-9-20-13(21-22)7-19-14(24)23-6-5-10-3-2-4-12(11(10)8-23)15(16,17)18/h2-4,9H,5-8H2,1H3,(H,19,24). The van der Waals surface area contributed by atoms with Gasteiger partial charge in [0, 0.05) is 20.1 Å². The SMILES string of the molecule is Cn1cnc(CNC(=O)N2CCc3cccc(C(F)(F)F)c3C2)n1. The number of nitrogens with zero attached hydrogens (tertiary/aromatic N) is 4. The number of hydrogen-bond acceptors (Lipinski definition) is 3. The molecule has 1 aliphatic heterocycles. The van der Waals surface area contributed by atoms with Gasteiger partial charge in [-0.05, 0) is 23.6 Å². The van der Waals surface area contributed by atoms with E-state index in [2.05, 4.69) is 15.4 Å². The fraction of sp³-hybridized carbons (Fsp3) is 0.400. The Bertz CT molecular complexity index is 756. The summed E-state index contributed by atoms with van der Waals surface area (Å²) in [6, 6.07) is 3.71. The lowest BCUT2D eigenvalue weighted by atomic mass is 9.95. The molecule has 1 N–H and O–H groups in total. The van der Waals surface area contributed by atoms with Gasteiger partial charge >= 0.3 is 12.2 Å². The summed E-state index contributed by atoms with van der Waals surface area (Å²) in [5, 5.41) is 6.67. The second-order valence-corrected chi connectivity index (χ2v) is 5.61. The molecule has 0 saturated carbocycles. The van der Waals surface area contributed by atoms with Crippen LogP contribution in [-0.2, 0) is 32.7 Å². The van der Waals surface area contributed by atoms with Crippen LogP contribution in [0.25, 0.3) is 0 Å². The molecule has 0 fully saturated rings. The number of carbonyl (C=O) groups is 1. The third-order valence-corrected chi connectivity index (χ3v) is 3.91. The van der Waals surface area contributed by atoms with Crippen molar-refractivity contribution in [2.24, 2.45) is 7.05 Å². The van der Waals surface area contributed by atoms with Gasteiger partial charge in [0.15, 0.2) is 5.82 Å². The summed E-state index contributed by atoms with van der Waals surface area (Å²) in [5.41, 5.74) is 0.131. The molecule has 2 amide bonds. The molecule has 0 radical (unpaired) electrons. The molecule has 128 valence electrons. The maximum absolute atomic E-state index is 13.1. The first kappa shape index (κ1) is 16.3. The number of hydrogen-bond donors (Lipinski definition) is 1. The Morgan fingerprint density at radius 1 is 1.38 bits per heavy atom. The predicted octanol–water partition coefficient (Wildman–Crippen LogP) is 2.10. The molecule has 0 unspecified atom stereocenters. The summed E-state index contributed by atoms with van der Waals surface area (Å²) in [7, 11) is 1.71. The van der Waals surface area contributed by atoms with Crippen LogP contribution in [0.5, 0.6) is 0 Å². The lowest BCUT2D eigenvalue weighted by Gasteiger charge is -2.30. The molecule has 0 atom stereocenters. The summed E-state index contributed by atoms with van der Waals surface area (Å²) in [5.74, 6) is 0.444. The summed E-state index contributed by atoms with van der Waals surface area (Å²) < 4.78 is 40.9. The fourth-order valence-corrected chi connectivity index (χ4v) is 2.75. The third kappa shape index (κ3) is 3.34. The van der Waals surface area contributed by atoms with Crippen LogP contribution in [0, 0.1) is 0 Å². The Labute approximate surface area is 136 Å². The normalized spacial score (nSPS) is 14.4. The maximum Gasteiger partial charge on any atom is 0.416 e. The van der Waals surface area contributed by atoms with Gasteiger partial charge in [0.25, 0.3) is 0 Å². The van der Waals surface area contributed by atoms with Crippen LogP contribution in [0.4, 0.5) is 18.0 Å². The van der Waals surface area contributed by atoms with E-state index in [0.717, 1.165) is 6.07 Å². The zero-order valence-electron chi connectivity index (χ0n) is 13.0. The Balaban J connectivity index is 1.71. The van der Waals surface area contributed by atoms with Crippen molar-refractivity contribution in [3.05, 3.63) is 47.0 Å². The number of urea groups is 1. The van der Waals surface area contributed by atoms with E-state index < -0.39 is 17.8 Å². The highest BCUT2D eigenvalue weighted by molar-refractivity contribution is 5.74. The molecule has 1 aliphatic rings. The van der Waals surface area contributed by atoms with Crippen molar-refractivity contribution in [1.82, 2.24) is 25.0 Å². The van der Waals surface area contributed by atoms with Crippen molar-refractivity contribution in [3.63, 3.8) is 0 Å². The van der Waals surface area contributed by atoms with Crippen molar-refractivity contribution in [2.75, 3.05) is 6.54 Å². The average Bonchev–Trinajstić information content (AvgIpc) is 2.96. The summed E-state index contributed by atoms with van der Waals surface area (Å²) in [4.78, 5) is 17.6. The molecule has 6 nitrogen and oxygen atoms in total. The smallest absolute Gasteiger partial charge is 0.331 e. The first-order valence-corrected chi connectivity index (χ1v) is 7.40. The molecule has 0 bridgehead atoms. The Morgan fingerprint density at radius 3 is 2.83 bits per heavy atom. The van der Waals surface area contributed by atoms with Gasteiger partial charge in [-0.1, -0.05) is 12.1 Å². The quantitative estimate of drug-likeness (QED) is 0.911. The van der Waals surface area contributed by atoms with Gasteiger partial charge in [-0.2, -0.15) is 18.3 Å². The number of nitrogens with one attached hydrogen (secondary N) is 1. The molecule has 0 saturated heterocycles. The molecule has 0 spiro atoms. The van der Waals surface area contributed by atoms with Crippen LogP contribution < -0.4 is 5.32 Å². The second kappa shape index (κ2) is 6.14. The Hall–Kier alpha value is -2.58. The van der Waals surface area contributed by atoms with Crippen molar-refractivity contribution in [3.8, 4) is 0 Å². The van der Waals surface area contributed by atoms with Crippen molar-refractivity contribution in [1.29, 1.82) is 0 Å². The first-order valence-electron chi connectivity index (χ1n) is 7.40. The van der Waals surface area contributed by atoms with E-state index in [0.29, 0.717) is 24.4 Å². The number of benzene rings is 1. The van der Waals surface area contributed by atoms with Gasteiger partial charge in [0.05, 0.1) is 12.1 Å². The van der Waals surface area contributed by atoms with E-state index in [1.165, 1.54) is 22.0 Å². The molecular formula is C15H16F3N5O. The van der Waals surface area contributed by atoms with Crippen LogP contribution in [0.3, 0.4) is 0 Å². The summed E-state index contributed by atoms with van der Waals surface area (Å²) in [6.07, 6.45) is -2.52. The largest absolute Gasteiger partial charge is 0.416 e.